The Labute approximate surface area is 65.5 Å². The summed E-state index contributed by atoms with van der Waals surface area (Å²) in [5.41, 5.74) is 0. The molecule has 0 bridgehead atoms. The summed E-state index contributed by atoms with van der Waals surface area (Å²) in [6.45, 7) is 3.59. The molecule has 3 nitrogen and oxygen atoms in total. The summed E-state index contributed by atoms with van der Waals surface area (Å²) in [4.78, 5) is 8.99. The van der Waals surface area contributed by atoms with Crippen LogP contribution in [0.5, 0.6) is 0 Å². The molecule has 0 amide bonds. The highest BCUT2D eigenvalue weighted by Gasteiger charge is 2.10. The van der Waals surface area contributed by atoms with Gasteiger partial charge in [-0.2, -0.15) is 0 Å². The molecule has 0 aliphatic rings. The van der Waals surface area contributed by atoms with Gasteiger partial charge in [0.2, 0.25) is 0 Å². The third-order valence-corrected chi connectivity index (χ3v) is 1.60. The molecule has 0 saturated heterocycles. The molecule has 10 heavy (non-hydrogen) atoms. The Morgan fingerprint density at radius 2 is 2.40 bits per heavy atom. The van der Waals surface area contributed by atoms with Crippen molar-refractivity contribution in [3.05, 3.63) is 11.9 Å². The zero-order valence-electron chi connectivity index (χ0n) is 8.94. The van der Waals surface area contributed by atoms with E-state index in [0.717, 1.165) is 5.82 Å². The van der Waals surface area contributed by atoms with Gasteiger partial charge in [-0.05, 0) is 5.92 Å². The lowest BCUT2D eigenvalue weighted by atomic mass is 10.2. The van der Waals surface area contributed by atoms with Crippen LogP contribution in [-0.4, -0.2) is 11.9 Å². The van der Waals surface area contributed by atoms with Gasteiger partial charge < -0.3 is 9.42 Å². The minimum absolute atomic E-state index is 0.0701. The molecule has 0 heterocycles. The molecule has 0 aliphatic carbocycles. The van der Waals surface area contributed by atoms with Crippen LogP contribution in [-0.2, 0) is 9.09 Å². The topological polar surface area (TPSA) is 46.5 Å². The van der Waals surface area contributed by atoms with Gasteiger partial charge in [-0.15, -0.1) is 0 Å². The molecule has 60 valence electrons. The zero-order valence-corrected chi connectivity index (χ0v) is 6.84. The standard InChI is InChI=1S/C6H13O3P/c1-6(2)4-5-10(7,8)9-3/h4-6H,1-3H3,(H,7,8)/b5-4+/i3D3. The van der Waals surface area contributed by atoms with Crippen LogP contribution in [0.1, 0.15) is 18.0 Å². The first kappa shape index (κ1) is 5.53. The van der Waals surface area contributed by atoms with Gasteiger partial charge >= 0.3 is 7.60 Å². The molecule has 1 atom stereocenters. The monoisotopic (exact) mass is 167 g/mol. The largest absolute Gasteiger partial charge is 0.351 e. The van der Waals surface area contributed by atoms with E-state index in [-0.39, 0.29) is 5.92 Å². The Morgan fingerprint density at radius 1 is 1.80 bits per heavy atom. The van der Waals surface area contributed by atoms with Crippen LogP contribution in [0.15, 0.2) is 11.9 Å². The van der Waals surface area contributed by atoms with Gasteiger partial charge in [0.15, 0.2) is 0 Å². The van der Waals surface area contributed by atoms with E-state index in [9.17, 15) is 4.57 Å². The van der Waals surface area contributed by atoms with Crippen LogP contribution in [0.3, 0.4) is 0 Å². The first-order chi connectivity index (χ1) is 5.62. The second kappa shape index (κ2) is 3.91. The predicted molar refractivity (Wildman–Crippen MR) is 40.8 cm³/mol. The van der Waals surface area contributed by atoms with E-state index in [1.165, 1.54) is 6.08 Å². The van der Waals surface area contributed by atoms with Gasteiger partial charge in [-0.1, -0.05) is 19.9 Å². The molecule has 0 rings (SSSR count). The molecule has 0 radical (unpaired) electrons. The summed E-state index contributed by atoms with van der Waals surface area (Å²) in [6, 6.07) is 0. The predicted octanol–water partition coefficient (Wildman–Crippen LogP) is 1.99. The minimum atomic E-state index is -4.11. The third-order valence-electron chi connectivity index (χ3n) is 0.790. The smallest absolute Gasteiger partial charge is 0.321 e. The molecule has 1 unspecified atom stereocenters. The normalized spacial score (nSPS) is 23.8. The van der Waals surface area contributed by atoms with E-state index < -0.39 is 14.6 Å². The lowest BCUT2D eigenvalue weighted by Crippen LogP contribution is -1.81. The van der Waals surface area contributed by atoms with Crippen molar-refractivity contribution in [2.45, 2.75) is 13.8 Å². The highest BCUT2D eigenvalue weighted by atomic mass is 31.2. The van der Waals surface area contributed by atoms with Gasteiger partial charge in [-0.3, -0.25) is 4.57 Å². The molecule has 0 saturated carbocycles. The number of hydrogen-bond acceptors (Lipinski definition) is 2. The van der Waals surface area contributed by atoms with Crippen LogP contribution in [0, 0.1) is 5.92 Å². The fourth-order valence-electron chi connectivity index (χ4n) is 0.311. The Morgan fingerprint density at radius 3 is 2.80 bits per heavy atom. The van der Waals surface area contributed by atoms with E-state index in [4.69, 9.17) is 9.01 Å². The summed E-state index contributed by atoms with van der Waals surface area (Å²) in [6.07, 6.45) is 1.42. The molecule has 0 fully saturated rings. The molecule has 0 aromatic carbocycles. The number of rotatable bonds is 3. The Hall–Kier alpha value is -0.110. The van der Waals surface area contributed by atoms with Gasteiger partial charge in [0, 0.05) is 12.9 Å². The van der Waals surface area contributed by atoms with Crippen molar-refractivity contribution in [1.29, 1.82) is 0 Å². The quantitative estimate of drug-likeness (QED) is 0.654. The van der Waals surface area contributed by atoms with Crippen molar-refractivity contribution >= 4 is 7.60 Å². The number of allylic oxidation sites excluding steroid dienone is 1. The molecular formula is C6H13O3P. The van der Waals surface area contributed by atoms with Crippen molar-refractivity contribution in [2.75, 3.05) is 7.04 Å². The van der Waals surface area contributed by atoms with Crippen molar-refractivity contribution in [1.82, 2.24) is 0 Å². The van der Waals surface area contributed by atoms with Crippen molar-refractivity contribution in [3.8, 4) is 0 Å². The van der Waals surface area contributed by atoms with Crippen LogP contribution in [0.25, 0.3) is 0 Å². The molecule has 0 spiro atoms. The summed E-state index contributed by atoms with van der Waals surface area (Å²) < 4.78 is 34.9. The van der Waals surface area contributed by atoms with Crippen molar-refractivity contribution < 1.29 is 18.1 Å². The highest BCUT2D eigenvalue weighted by molar-refractivity contribution is 7.56. The number of hydrogen-bond donors (Lipinski definition) is 1. The van der Waals surface area contributed by atoms with E-state index >= 15 is 0 Å². The van der Waals surface area contributed by atoms with Gasteiger partial charge in [0.1, 0.15) is 0 Å². The fraction of sp³-hybridized carbons (Fsp3) is 0.667. The maximum Gasteiger partial charge on any atom is 0.351 e. The Balaban J connectivity index is 4.34. The lowest BCUT2D eigenvalue weighted by molar-refractivity contribution is 0.326. The lowest BCUT2D eigenvalue weighted by Gasteiger charge is -2.01. The summed E-state index contributed by atoms with van der Waals surface area (Å²) >= 11 is 0. The maximum atomic E-state index is 11.0. The van der Waals surface area contributed by atoms with Crippen molar-refractivity contribution in [3.63, 3.8) is 0 Å². The van der Waals surface area contributed by atoms with Gasteiger partial charge in [0.05, 0.1) is 4.11 Å². The minimum Gasteiger partial charge on any atom is -0.321 e. The van der Waals surface area contributed by atoms with E-state index in [1.54, 1.807) is 13.8 Å². The third kappa shape index (κ3) is 4.74. The van der Waals surface area contributed by atoms with E-state index in [1.807, 2.05) is 0 Å². The molecule has 0 aromatic rings. The average Bonchev–Trinajstić information content (AvgIpc) is 1.78. The highest BCUT2D eigenvalue weighted by Crippen LogP contribution is 2.42. The second-order valence-electron chi connectivity index (χ2n) is 2.24. The SMILES string of the molecule is [2H]C([2H])([2H])OP(=O)(O)/C=C/C(C)C. The van der Waals surface area contributed by atoms with Crippen molar-refractivity contribution in [2.24, 2.45) is 5.92 Å². The van der Waals surface area contributed by atoms with E-state index in [2.05, 4.69) is 4.52 Å². The molecule has 0 aliphatic heterocycles. The summed E-state index contributed by atoms with van der Waals surface area (Å²) in [5.74, 6) is 0.963. The first-order valence-corrected chi connectivity index (χ1v) is 4.50. The van der Waals surface area contributed by atoms with Gasteiger partial charge in [0.25, 0.3) is 0 Å². The van der Waals surface area contributed by atoms with Crippen LogP contribution >= 0.6 is 7.60 Å². The molecule has 1 N–H and O–H groups in total. The average molecular weight is 167 g/mol. The fourth-order valence-corrected chi connectivity index (χ4v) is 0.934. The summed E-state index contributed by atoms with van der Waals surface area (Å²) in [7, 11) is -6.95. The maximum absolute atomic E-state index is 11.0. The Bertz CT molecular complexity index is 234. The van der Waals surface area contributed by atoms with Crippen LogP contribution < -0.4 is 0 Å². The molecular weight excluding hydrogens is 151 g/mol. The molecule has 4 heteroatoms. The van der Waals surface area contributed by atoms with Crippen LogP contribution in [0.4, 0.5) is 0 Å². The summed E-state index contributed by atoms with van der Waals surface area (Å²) in [5, 5.41) is 0. The van der Waals surface area contributed by atoms with Gasteiger partial charge in [-0.25, -0.2) is 0 Å². The molecule has 0 aromatic heterocycles. The Kier molecular flexibility index (Phi) is 2.16. The van der Waals surface area contributed by atoms with E-state index in [0.29, 0.717) is 0 Å². The van der Waals surface area contributed by atoms with Crippen LogP contribution in [0.2, 0.25) is 0 Å². The first-order valence-electron chi connectivity index (χ1n) is 4.35. The second-order valence-corrected chi connectivity index (χ2v) is 3.85. The zero-order chi connectivity index (χ0) is 10.7.